The zero-order valence-electron chi connectivity index (χ0n) is 4.42. The predicted molar refractivity (Wildman–Crippen MR) is 27.4 cm³/mol. The Morgan fingerprint density at radius 1 is 1.88 bits per heavy atom. The van der Waals surface area contributed by atoms with Crippen LogP contribution in [-0.2, 0) is 9.63 Å². The summed E-state index contributed by atoms with van der Waals surface area (Å²) in [7, 11) is 1.45. The van der Waals surface area contributed by atoms with Gasteiger partial charge in [-0.15, -0.1) is 0 Å². The SMILES string of the molecule is CONC=CN=C=O. The summed E-state index contributed by atoms with van der Waals surface area (Å²) < 4.78 is 0. The number of aliphatic imine (C=N–C) groups is 1. The number of hydrogen-bond donors (Lipinski definition) is 1. The smallest absolute Gasteiger partial charge is 0.239 e. The van der Waals surface area contributed by atoms with Crippen LogP contribution in [0.25, 0.3) is 0 Å². The number of nitrogens with one attached hydrogen (secondary N) is 1. The van der Waals surface area contributed by atoms with Gasteiger partial charge < -0.3 is 0 Å². The molecule has 0 fully saturated rings. The van der Waals surface area contributed by atoms with E-state index in [2.05, 4.69) is 15.3 Å². The number of carbonyl (C=O) groups excluding carboxylic acids is 1. The van der Waals surface area contributed by atoms with E-state index >= 15 is 0 Å². The van der Waals surface area contributed by atoms with Crippen molar-refractivity contribution >= 4 is 6.08 Å². The maximum absolute atomic E-state index is 9.36. The van der Waals surface area contributed by atoms with Crippen molar-refractivity contribution in [2.45, 2.75) is 0 Å². The van der Waals surface area contributed by atoms with Gasteiger partial charge in [-0.1, -0.05) is 0 Å². The van der Waals surface area contributed by atoms with Gasteiger partial charge >= 0.3 is 0 Å². The fourth-order valence-electron chi connectivity index (χ4n) is 0.166. The van der Waals surface area contributed by atoms with Gasteiger partial charge in [0.15, 0.2) is 0 Å². The Labute approximate surface area is 46.8 Å². The standard InChI is InChI=1S/C4H6N2O2/c1-8-6-3-2-5-4-7/h2-3,6H,1H3. The summed E-state index contributed by atoms with van der Waals surface area (Å²) >= 11 is 0. The van der Waals surface area contributed by atoms with Crippen LogP contribution in [0, 0.1) is 0 Å². The van der Waals surface area contributed by atoms with Gasteiger partial charge in [0, 0.05) is 6.20 Å². The maximum atomic E-state index is 9.36. The molecule has 4 heteroatoms. The molecule has 8 heavy (non-hydrogen) atoms. The maximum Gasteiger partial charge on any atom is 0.239 e. The molecule has 0 spiro atoms. The van der Waals surface area contributed by atoms with Crippen molar-refractivity contribution in [3.63, 3.8) is 0 Å². The van der Waals surface area contributed by atoms with Crippen molar-refractivity contribution < 1.29 is 9.63 Å². The minimum Gasteiger partial charge on any atom is -0.280 e. The van der Waals surface area contributed by atoms with E-state index in [0.717, 1.165) is 0 Å². The molecule has 0 saturated carbocycles. The van der Waals surface area contributed by atoms with Gasteiger partial charge in [-0.3, -0.25) is 10.3 Å². The van der Waals surface area contributed by atoms with E-state index in [0.29, 0.717) is 0 Å². The van der Waals surface area contributed by atoms with E-state index in [4.69, 9.17) is 0 Å². The Bertz CT molecular complexity index is 115. The van der Waals surface area contributed by atoms with Crippen LogP contribution in [-0.4, -0.2) is 13.2 Å². The van der Waals surface area contributed by atoms with E-state index in [9.17, 15) is 4.79 Å². The van der Waals surface area contributed by atoms with Gasteiger partial charge in [0.05, 0.1) is 13.3 Å². The Kier molecular flexibility index (Phi) is 5.06. The largest absolute Gasteiger partial charge is 0.280 e. The number of isocyanates is 1. The zero-order valence-corrected chi connectivity index (χ0v) is 4.42. The highest BCUT2D eigenvalue weighted by atomic mass is 16.6. The molecular weight excluding hydrogens is 108 g/mol. The van der Waals surface area contributed by atoms with Crippen molar-refractivity contribution in [2.24, 2.45) is 4.99 Å². The summed E-state index contributed by atoms with van der Waals surface area (Å²) in [6.45, 7) is 0. The third-order valence-electron chi connectivity index (χ3n) is 0.388. The van der Waals surface area contributed by atoms with Gasteiger partial charge in [-0.05, 0) is 0 Å². The highest BCUT2D eigenvalue weighted by molar-refractivity contribution is 5.34. The lowest BCUT2D eigenvalue weighted by Crippen LogP contribution is -1.99. The fourth-order valence-corrected chi connectivity index (χ4v) is 0.166. The van der Waals surface area contributed by atoms with E-state index in [1.54, 1.807) is 0 Å². The molecule has 0 rings (SSSR count). The normalized spacial score (nSPS) is 8.62. The van der Waals surface area contributed by atoms with Crippen LogP contribution in [0.1, 0.15) is 0 Å². The summed E-state index contributed by atoms with van der Waals surface area (Å²) in [5.41, 5.74) is 2.33. The highest BCUT2D eigenvalue weighted by Crippen LogP contribution is 1.64. The second kappa shape index (κ2) is 5.88. The summed E-state index contributed by atoms with van der Waals surface area (Å²) in [5, 5.41) is 0. The number of hydroxylamine groups is 1. The van der Waals surface area contributed by atoms with Crippen LogP contribution in [0.2, 0.25) is 0 Å². The topological polar surface area (TPSA) is 50.7 Å². The quantitative estimate of drug-likeness (QED) is 0.318. The van der Waals surface area contributed by atoms with Gasteiger partial charge in [0.2, 0.25) is 6.08 Å². The summed E-state index contributed by atoms with van der Waals surface area (Å²) in [6.07, 6.45) is 3.92. The Morgan fingerprint density at radius 2 is 2.62 bits per heavy atom. The molecule has 0 bridgehead atoms. The fraction of sp³-hybridized carbons (Fsp3) is 0.250. The van der Waals surface area contributed by atoms with Gasteiger partial charge in [-0.25, -0.2) is 4.79 Å². The van der Waals surface area contributed by atoms with Crippen molar-refractivity contribution in [2.75, 3.05) is 7.11 Å². The minimum atomic E-state index is 1.23. The van der Waals surface area contributed by atoms with Crippen molar-refractivity contribution in [1.29, 1.82) is 0 Å². The Balaban J connectivity index is 3.20. The zero-order chi connectivity index (χ0) is 6.24. The third kappa shape index (κ3) is 4.88. The van der Waals surface area contributed by atoms with Crippen LogP contribution in [0.5, 0.6) is 0 Å². The van der Waals surface area contributed by atoms with E-state index in [-0.39, 0.29) is 0 Å². The summed E-state index contributed by atoms with van der Waals surface area (Å²) in [4.78, 5) is 16.8. The Hall–Kier alpha value is -1.12. The van der Waals surface area contributed by atoms with Gasteiger partial charge in [0.1, 0.15) is 0 Å². The molecule has 0 aromatic carbocycles. The molecule has 0 saturated heterocycles. The van der Waals surface area contributed by atoms with E-state index in [1.165, 1.54) is 25.6 Å². The molecule has 1 N–H and O–H groups in total. The first-order valence-electron chi connectivity index (χ1n) is 1.92. The number of nitrogens with zero attached hydrogens (tertiary/aromatic N) is 1. The average molecular weight is 114 g/mol. The first kappa shape index (κ1) is 6.88. The predicted octanol–water partition coefficient (Wildman–Crippen LogP) is -0.0556. The van der Waals surface area contributed by atoms with Crippen molar-refractivity contribution in [3.05, 3.63) is 12.4 Å². The van der Waals surface area contributed by atoms with E-state index in [1.807, 2.05) is 0 Å². The molecule has 0 aromatic heterocycles. The summed E-state index contributed by atoms with van der Waals surface area (Å²) in [5.74, 6) is 0. The molecule has 44 valence electrons. The summed E-state index contributed by atoms with van der Waals surface area (Å²) in [6, 6.07) is 0. The van der Waals surface area contributed by atoms with Crippen LogP contribution >= 0.6 is 0 Å². The second-order valence-corrected chi connectivity index (χ2v) is 0.858. The number of hydrogen-bond acceptors (Lipinski definition) is 4. The highest BCUT2D eigenvalue weighted by Gasteiger charge is 1.61. The first-order valence-corrected chi connectivity index (χ1v) is 1.92. The molecule has 0 aliphatic heterocycles. The van der Waals surface area contributed by atoms with Crippen molar-refractivity contribution in [1.82, 2.24) is 5.48 Å². The molecule has 0 amide bonds. The monoisotopic (exact) mass is 114 g/mol. The molecule has 0 aromatic rings. The average Bonchev–Trinajstić information content (AvgIpc) is 1.81. The molecule has 0 aliphatic rings. The molecule has 0 aliphatic carbocycles. The van der Waals surface area contributed by atoms with Crippen LogP contribution < -0.4 is 5.48 Å². The van der Waals surface area contributed by atoms with E-state index < -0.39 is 0 Å². The van der Waals surface area contributed by atoms with Gasteiger partial charge in [-0.2, -0.15) is 4.99 Å². The Morgan fingerprint density at radius 3 is 3.12 bits per heavy atom. The lowest BCUT2D eigenvalue weighted by Gasteiger charge is -1.87. The molecular formula is C4H6N2O2. The second-order valence-electron chi connectivity index (χ2n) is 0.858. The van der Waals surface area contributed by atoms with Crippen LogP contribution in [0.4, 0.5) is 0 Å². The third-order valence-corrected chi connectivity index (χ3v) is 0.388. The van der Waals surface area contributed by atoms with Crippen molar-refractivity contribution in [3.8, 4) is 0 Å². The van der Waals surface area contributed by atoms with Gasteiger partial charge in [0.25, 0.3) is 0 Å². The lowest BCUT2D eigenvalue weighted by molar-refractivity contribution is 0.128. The van der Waals surface area contributed by atoms with Crippen LogP contribution in [0.3, 0.4) is 0 Å². The van der Waals surface area contributed by atoms with Crippen LogP contribution in [0.15, 0.2) is 17.4 Å². The molecule has 0 unspecified atom stereocenters. The molecule has 0 atom stereocenters. The molecule has 4 nitrogen and oxygen atoms in total. The molecule has 0 radical (unpaired) electrons. The molecule has 0 heterocycles. The number of rotatable bonds is 3. The minimum absolute atomic E-state index is 1.23. The lowest BCUT2D eigenvalue weighted by atomic mass is 10.9. The first-order chi connectivity index (χ1) is 3.91.